The molecule has 1 aliphatic rings. The fraction of sp³-hybridized carbons (Fsp3) is 0.481. The van der Waals surface area contributed by atoms with E-state index in [2.05, 4.69) is 28.2 Å². The number of hydrogen-bond donors (Lipinski definition) is 1. The lowest BCUT2D eigenvalue weighted by atomic mass is 9.95. The van der Waals surface area contributed by atoms with Crippen molar-refractivity contribution >= 4 is 27.7 Å². The van der Waals surface area contributed by atoms with Crippen LogP contribution >= 0.6 is 15.9 Å². The number of rotatable bonds is 10. The fourth-order valence-electron chi connectivity index (χ4n) is 4.35. The number of halogens is 2. The van der Waals surface area contributed by atoms with E-state index in [0.717, 1.165) is 47.7 Å². The molecule has 0 aromatic heterocycles. The minimum absolute atomic E-state index is 0.140. The molecule has 5 nitrogen and oxygen atoms in total. The van der Waals surface area contributed by atoms with E-state index in [9.17, 15) is 14.0 Å². The fourth-order valence-corrected chi connectivity index (χ4v) is 4.89. The Labute approximate surface area is 210 Å². The second-order valence-corrected chi connectivity index (χ2v) is 9.68. The van der Waals surface area contributed by atoms with Crippen molar-refractivity contribution in [2.24, 2.45) is 0 Å². The molecule has 2 aromatic carbocycles. The number of nitrogens with one attached hydrogen (secondary N) is 1. The van der Waals surface area contributed by atoms with E-state index in [0.29, 0.717) is 12.2 Å². The van der Waals surface area contributed by atoms with Gasteiger partial charge in [0.1, 0.15) is 17.6 Å². The van der Waals surface area contributed by atoms with Crippen molar-refractivity contribution in [3.8, 4) is 5.75 Å². The van der Waals surface area contributed by atoms with Crippen molar-refractivity contribution in [3.63, 3.8) is 0 Å². The maximum Gasteiger partial charge on any atom is 0.261 e. The molecular formula is C27H34BrFN2O3. The summed E-state index contributed by atoms with van der Waals surface area (Å²) in [4.78, 5) is 28.1. The van der Waals surface area contributed by atoms with Crippen LogP contribution in [0.5, 0.6) is 5.75 Å². The van der Waals surface area contributed by atoms with E-state index in [-0.39, 0.29) is 36.8 Å². The summed E-state index contributed by atoms with van der Waals surface area (Å²) in [6.45, 7) is 3.98. The number of ether oxygens (including phenoxy) is 1. The smallest absolute Gasteiger partial charge is 0.261 e. The number of amides is 2. The third-order valence-corrected chi connectivity index (χ3v) is 6.98. The lowest BCUT2D eigenvalue weighted by Gasteiger charge is -2.32. The highest BCUT2D eigenvalue weighted by Crippen LogP contribution is 2.26. The number of carbonyl (C=O) groups excluding carboxylic acids is 2. The first kappa shape index (κ1) is 26.2. The van der Waals surface area contributed by atoms with Crippen molar-refractivity contribution in [1.82, 2.24) is 10.2 Å². The van der Waals surface area contributed by atoms with E-state index in [1.807, 2.05) is 25.1 Å². The molecule has 2 amide bonds. The molecule has 0 heterocycles. The van der Waals surface area contributed by atoms with Crippen LogP contribution in [-0.2, 0) is 22.6 Å². The molecule has 0 saturated heterocycles. The molecule has 1 fully saturated rings. The van der Waals surface area contributed by atoms with Crippen molar-refractivity contribution in [2.75, 3.05) is 6.61 Å². The van der Waals surface area contributed by atoms with Crippen molar-refractivity contribution in [3.05, 3.63) is 63.9 Å². The van der Waals surface area contributed by atoms with Crippen LogP contribution in [0.2, 0.25) is 0 Å². The highest BCUT2D eigenvalue weighted by molar-refractivity contribution is 9.10. The SMILES string of the molecule is CCc1ccc(OCC(=O)N(Cc2ccc(F)cc2)[C@H](CC)C(=O)NC2CCCCC2)c(Br)c1. The topological polar surface area (TPSA) is 58.6 Å². The molecule has 1 N–H and O–H groups in total. The lowest BCUT2D eigenvalue weighted by molar-refractivity contribution is -0.143. The summed E-state index contributed by atoms with van der Waals surface area (Å²) in [7, 11) is 0. The maximum atomic E-state index is 13.4. The van der Waals surface area contributed by atoms with Gasteiger partial charge in [0.25, 0.3) is 5.91 Å². The third-order valence-electron chi connectivity index (χ3n) is 6.36. The highest BCUT2D eigenvalue weighted by atomic mass is 79.9. The normalized spacial score (nSPS) is 14.9. The van der Waals surface area contributed by atoms with Gasteiger partial charge in [-0.25, -0.2) is 4.39 Å². The van der Waals surface area contributed by atoms with Crippen molar-refractivity contribution in [2.45, 2.75) is 77.4 Å². The molecule has 0 bridgehead atoms. The Kier molecular flexibility index (Phi) is 9.93. The van der Waals surface area contributed by atoms with Crippen LogP contribution < -0.4 is 10.1 Å². The summed E-state index contributed by atoms with van der Waals surface area (Å²) in [5.74, 6) is -0.195. The summed E-state index contributed by atoms with van der Waals surface area (Å²) in [5.41, 5.74) is 1.92. The molecule has 34 heavy (non-hydrogen) atoms. The zero-order valence-corrected chi connectivity index (χ0v) is 21.6. The first-order chi connectivity index (χ1) is 16.4. The largest absolute Gasteiger partial charge is 0.483 e. The first-order valence-corrected chi connectivity index (χ1v) is 13.0. The van der Waals surface area contributed by atoms with Gasteiger partial charge in [-0.2, -0.15) is 0 Å². The maximum absolute atomic E-state index is 13.4. The average molecular weight is 533 g/mol. The standard InChI is InChI=1S/C27H34BrFN2O3/c1-3-19-12-15-25(23(28)16-19)34-18-26(32)31(17-20-10-13-21(29)14-11-20)24(4-2)27(33)30-22-8-6-5-7-9-22/h10-16,22,24H,3-9,17-18H2,1-2H3,(H,30,33)/t24-/m1/s1. The van der Waals surface area contributed by atoms with Gasteiger partial charge in [0.05, 0.1) is 4.47 Å². The Bertz CT molecular complexity index is 961. The molecule has 0 spiro atoms. The number of carbonyl (C=O) groups is 2. The number of hydrogen-bond acceptors (Lipinski definition) is 3. The Morgan fingerprint density at radius 2 is 1.76 bits per heavy atom. The van der Waals surface area contributed by atoms with Crippen LogP contribution in [0.25, 0.3) is 0 Å². The van der Waals surface area contributed by atoms with Gasteiger partial charge < -0.3 is 15.0 Å². The first-order valence-electron chi connectivity index (χ1n) is 12.2. The van der Waals surface area contributed by atoms with Crippen LogP contribution in [0.1, 0.15) is 63.5 Å². The summed E-state index contributed by atoms with van der Waals surface area (Å²) < 4.78 is 20.0. The third kappa shape index (κ3) is 7.29. The molecule has 7 heteroatoms. The van der Waals surface area contributed by atoms with Gasteiger partial charge in [-0.05, 0) is 77.0 Å². The van der Waals surface area contributed by atoms with E-state index >= 15 is 0 Å². The Balaban J connectivity index is 1.75. The number of nitrogens with zero attached hydrogens (tertiary/aromatic N) is 1. The van der Waals surface area contributed by atoms with Crippen LogP contribution in [0.3, 0.4) is 0 Å². The molecule has 0 radical (unpaired) electrons. The zero-order chi connectivity index (χ0) is 24.5. The van der Waals surface area contributed by atoms with E-state index < -0.39 is 6.04 Å². The van der Waals surface area contributed by atoms with Crippen LogP contribution in [0, 0.1) is 5.82 Å². The molecule has 1 atom stereocenters. The van der Waals surface area contributed by atoms with Crippen molar-refractivity contribution < 1.29 is 18.7 Å². The minimum atomic E-state index is -0.631. The van der Waals surface area contributed by atoms with Gasteiger partial charge >= 0.3 is 0 Å². The average Bonchev–Trinajstić information content (AvgIpc) is 2.84. The van der Waals surface area contributed by atoms with Gasteiger partial charge in [-0.15, -0.1) is 0 Å². The number of aryl methyl sites for hydroxylation is 1. The monoisotopic (exact) mass is 532 g/mol. The van der Waals surface area contributed by atoms with Gasteiger partial charge in [0.15, 0.2) is 6.61 Å². The quantitative estimate of drug-likeness (QED) is 0.421. The predicted octanol–water partition coefficient (Wildman–Crippen LogP) is 5.79. The molecule has 1 aliphatic carbocycles. The van der Waals surface area contributed by atoms with Crippen molar-refractivity contribution in [1.29, 1.82) is 0 Å². The summed E-state index contributed by atoms with van der Waals surface area (Å²) in [5, 5.41) is 3.15. The summed E-state index contributed by atoms with van der Waals surface area (Å²) in [6.07, 6.45) is 6.74. The van der Waals surface area contributed by atoms with Gasteiger partial charge in [0, 0.05) is 12.6 Å². The van der Waals surface area contributed by atoms with Gasteiger partial charge in [-0.1, -0.05) is 51.3 Å². The van der Waals surface area contributed by atoms with E-state index in [1.54, 1.807) is 17.0 Å². The Hall–Kier alpha value is -2.41. The highest BCUT2D eigenvalue weighted by Gasteiger charge is 2.30. The van der Waals surface area contributed by atoms with Crippen LogP contribution in [0.15, 0.2) is 46.9 Å². The van der Waals surface area contributed by atoms with E-state index in [1.165, 1.54) is 18.6 Å². The minimum Gasteiger partial charge on any atom is -0.483 e. The van der Waals surface area contributed by atoms with Crippen LogP contribution in [-0.4, -0.2) is 35.4 Å². The molecule has 0 aliphatic heterocycles. The molecule has 1 saturated carbocycles. The summed E-state index contributed by atoms with van der Waals surface area (Å²) in [6, 6.07) is 11.3. The Morgan fingerprint density at radius 1 is 1.09 bits per heavy atom. The van der Waals surface area contributed by atoms with Crippen LogP contribution in [0.4, 0.5) is 4.39 Å². The predicted molar refractivity (Wildman–Crippen MR) is 135 cm³/mol. The zero-order valence-electron chi connectivity index (χ0n) is 20.0. The second kappa shape index (κ2) is 12.9. The van der Waals surface area contributed by atoms with Gasteiger partial charge in [-0.3, -0.25) is 9.59 Å². The molecule has 3 rings (SSSR count). The second-order valence-electron chi connectivity index (χ2n) is 8.82. The molecule has 0 unspecified atom stereocenters. The summed E-state index contributed by atoms with van der Waals surface area (Å²) >= 11 is 3.51. The van der Waals surface area contributed by atoms with E-state index in [4.69, 9.17) is 4.74 Å². The molecular weight excluding hydrogens is 499 g/mol. The lowest BCUT2D eigenvalue weighted by Crippen LogP contribution is -2.52. The molecule has 184 valence electrons. The van der Waals surface area contributed by atoms with Gasteiger partial charge in [0.2, 0.25) is 5.91 Å². The Morgan fingerprint density at radius 3 is 2.38 bits per heavy atom. The molecule has 2 aromatic rings. The number of benzene rings is 2.